The third-order valence-electron chi connectivity index (χ3n) is 6.45. The Morgan fingerprint density at radius 3 is 2.50 bits per heavy atom. The van der Waals surface area contributed by atoms with E-state index in [4.69, 9.17) is 16.3 Å². The molecule has 1 N–H and O–H groups in total. The summed E-state index contributed by atoms with van der Waals surface area (Å²) < 4.78 is 7.93. The average Bonchev–Trinajstić information content (AvgIpc) is 3.55. The van der Waals surface area contributed by atoms with Crippen LogP contribution < -0.4 is 4.74 Å². The maximum absolute atomic E-state index is 13.3. The van der Waals surface area contributed by atoms with Crippen molar-refractivity contribution >= 4 is 29.1 Å². The van der Waals surface area contributed by atoms with E-state index in [2.05, 4.69) is 4.98 Å². The Balaban J connectivity index is 1.49. The molecule has 7 nitrogen and oxygen atoms in total. The van der Waals surface area contributed by atoms with Gasteiger partial charge in [-0.2, -0.15) is 0 Å². The topological polar surface area (TPSA) is 84.7 Å². The third-order valence-corrected chi connectivity index (χ3v) is 6.71. The van der Waals surface area contributed by atoms with Gasteiger partial charge in [0.25, 0.3) is 11.7 Å². The highest BCUT2D eigenvalue weighted by molar-refractivity contribution is 6.46. The zero-order chi connectivity index (χ0) is 26.5. The summed E-state index contributed by atoms with van der Waals surface area (Å²) in [6.45, 7) is 1.33. The molecule has 1 fully saturated rings. The molecule has 1 atom stereocenters. The number of ketones is 1. The lowest BCUT2D eigenvalue weighted by Crippen LogP contribution is -2.31. The number of aliphatic hydroxyl groups is 1. The van der Waals surface area contributed by atoms with E-state index in [9.17, 15) is 14.7 Å². The Morgan fingerprint density at radius 2 is 1.76 bits per heavy atom. The number of imidazole rings is 1. The molecule has 4 aromatic rings. The van der Waals surface area contributed by atoms with Gasteiger partial charge < -0.3 is 19.3 Å². The highest BCUT2D eigenvalue weighted by Gasteiger charge is 2.45. The molecule has 8 heteroatoms. The number of amides is 1. The Labute approximate surface area is 225 Å². The van der Waals surface area contributed by atoms with Gasteiger partial charge in [0.2, 0.25) is 0 Å². The van der Waals surface area contributed by atoms with E-state index in [0.29, 0.717) is 48.0 Å². The molecule has 1 aliphatic heterocycles. The summed E-state index contributed by atoms with van der Waals surface area (Å²) in [4.78, 5) is 32.1. The van der Waals surface area contributed by atoms with E-state index in [1.807, 2.05) is 65.4 Å². The number of ether oxygens (including phenoxy) is 1. The predicted molar refractivity (Wildman–Crippen MR) is 145 cm³/mol. The molecule has 1 unspecified atom stereocenters. The molecule has 1 amide bonds. The Morgan fingerprint density at radius 1 is 0.974 bits per heavy atom. The van der Waals surface area contributed by atoms with Gasteiger partial charge in [-0.3, -0.25) is 9.59 Å². The molecule has 0 saturated carbocycles. The normalized spacial score (nSPS) is 16.7. The summed E-state index contributed by atoms with van der Waals surface area (Å²) >= 11 is 6.02. The second kappa shape index (κ2) is 11.4. The Bertz CT molecular complexity index is 1450. The molecule has 192 valence electrons. The number of rotatable bonds is 9. The summed E-state index contributed by atoms with van der Waals surface area (Å²) in [7, 11) is 0. The van der Waals surface area contributed by atoms with Crippen molar-refractivity contribution in [2.75, 3.05) is 6.54 Å². The monoisotopic (exact) mass is 527 g/mol. The molecule has 0 radical (unpaired) electrons. The van der Waals surface area contributed by atoms with Crippen molar-refractivity contribution in [2.45, 2.75) is 25.6 Å². The molecule has 5 rings (SSSR count). The first kappa shape index (κ1) is 25.3. The first-order valence-electron chi connectivity index (χ1n) is 12.3. The minimum absolute atomic E-state index is 0.0418. The smallest absolute Gasteiger partial charge is 0.295 e. The van der Waals surface area contributed by atoms with Crippen molar-refractivity contribution < 1.29 is 19.4 Å². The van der Waals surface area contributed by atoms with Gasteiger partial charge in [-0.15, -0.1) is 0 Å². The van der Waals surface area contributed by atoms with Crippen molar-refractivity contribution in [1.29, 1.82) is 0 Å². The number of hydrogen-bond donors (Lipinski definition) is 1. The van der Waals surface area contributed by atoms with Crippen LogP contribution in [0.15, 0.2) is 103 Å². The van der Waals surface area contributed by atoms with Gasteiger partial charge in [-0.1, -0.05) is 54.1 Å². The highest BCUT2D eigenvalue weighted by atomic mass is 35.5. The van der Waals surface area contributed by atoms with E-state index in [1.165, 1.54) is 4.90 Å². The van der Waals surface area contributed by atoms with Crippen LogP contribution in [-0.2, 0) is 22.7 Å². The molecule has 0 bridgehead atoms. The first-order chi connectivity index (χ1) is 18.5. The minimum Gasteiger partial charge on any atom is -0.507 e. The van der Waals surface area contributed by atoms with Crippen molar-refractivity contribution in [2.24, 2.45) is 0 Å². The fraction of sp³-hybridized carbons (Fsp3) is 0.167. The molecule has 0 spiro atoms. The Kier molecular flexibility index (Phi) is 7.56. The molecule has 1 aliphatic rings. The number of nitrogens with zero attached hydrogens (tertiary/aromatic N) is 3. The molecule has 1 saturated heterocycles. The van der Waals surface area contributed by atoms with Gasteiger partial charge in [-0.25, -0.2) is 4.98 Å². The number of benzene rings is 3. The van der Waals surface area contributed by atoms with Gasteiger partial charge >= 0.3 is 0 Å². The molecule has 2 heterocycles. The third kappa shape index (κ3) is 5.48. The second-order valence-corrected chi connectivity index (χ2v) is 9.44. The van der Waals surface area contributed by atoms with Crippen LogP contribution in [0, 0.1) is 0 Å². The molecular weight excluding hydrogens is 502 g/mol. The molecule has 1 aromatic heterocycles. The number of halogens is 1. The van der Waals surface area contributed by atoms with E-state index < -0.39 is 17.7 Å². The lowest BCUT2D eigenvalue weighted by molar-refractivity contribution is -0.139. The fourth-order valence-corrected chi connectivity index (χ4v) is 4.70. The number of hydrogen-bond acceptors (Lipinski definition) is 5. The number of aromatic nitrogens is 2. The van der Waals surface area contributed by atoms with E-state index in [-0.39, 0.29) is 11.3 Å². The van der Waals surface area contributed by atoms with Crippen LogP contribution in [0.5, 0.6) is 5.75 Å². The lowest BCUT2D eigenvalue weighted by atomic mass is 9.95. The van der Waals surface area contributed by atoms with Crippen LogP contribution in [0.3, 0.4) is 0 Å². The maximum atomic E-state index is 13.3. The molecule has 0 aliphatic carbocycles. The maximum Gasteiger partial charge on any atom is 0.295 e. The van der Waals surface area contributed by atoms with Crippen LogP contribution in [0.4, 0.5) is 0 Å². The van der Waals surface area contributed by atoms with E-state index >= 15 is 0 Å². The quantitative estimate of drug-likeness (QED) is 0.173. The van der Waals surface area contributed by atoms with Gasteiger partial charge in [0.05, 0.1) is 17.9 Å². The summed E-state index contributed by atoms with van der Waals surface area (Å²) in [6.07, 6.45) is 5.85. The standard InChI is InChI=1S/C30H26ClN3O4/c31-24-12-10-22(11-13-24)28(35)26-27(34(30(37)29(26)36)16-5-15-33-17-14-32-20-33)23-8-4-9-25(18-23)38-19-21-6-2-1-3-7-21/h1-4,6-14,17-18,20,27,35H,5,15-16,19H2/b28-26+. The van der Waals surface area contributed by atoms with Crippen molar-refractivity contribution in [3.8, 4) is 5.75 Å². The van der Waals surface area contributed by atoms with E-state index in [1.54, 1.807) is 36.8 Å². The van der Waals surface area contributed by atoms with Crippen LogP contribution in [-0.4, -0.2) is 37.8 Å². The van der Waals surface area contributed by atoms with Crippen molar-refractivity contribution in [3.05, 3.63) is 125 Å². The summed E-state index contributed by atoms with van der Waals surface area (Å²) in [6, 6.07) is 22.8. The largest absolute Gasteiger partial charge is 0.507 e. The summed E-state index contributed by atoms with van der Waals surface area (Å²) in [5, 5.41) is 11.7. The number of carbonyl (C=O) groups is 2. The molecule has 38 heavy (non-hydrogen) atoms. The molecule has 3 aromatic carbocycles. The van der Waals surface area contributed by atoms with Crippen LogP contribution in [0.25, 0.3) is 5.76 Å². The van der Waals surface area contributed by atoms with Crippen LogP contribution in [0.2, 0.25) is 5.02 Å². The van der Waals surface area contributed by atoms with E-state index in [0.717, 1.165) is 5.56 Å². The van der Waals surface area contributed by atoms with Gasteiger partial charge in [-0.05, 0) is 53.9 Å². The first-order valence-corrected chi connectivity index (χ1v) is 12.7. The van der Waals surface area contributed by atoms with Crippen LogP contribution >= 0.6 is 11.6 Å². The number of Topliss-reactive ketones (excluding diaryl/α,β-unsaturated/α-hetero) is 1. The van der Waals surface area contributed by atoms with Crippen molar-refractivity contribution in [1.82, 2.24) is 14.5 Å². The SMILES string of the molecule is O=C1C(=O)N(CCCn2ccnc2)C(c2cccc(OCc3ccccc3)c2)/C1=C(\O)c1ccc(Cl)cc1. The summed E-state index contributed by atoms with van der Waals surface area (Å²) in [5.41, 5.74) is 2.14. The zero-order valence-corrected chi connectivity index (χ0v) is 21.3. The number of aryl methyl sites for hydroxylation is 1. The number of aliphatic hydroxyl groups excluding tert-OH is 1. The zero-order valence-electron chi connectivity index (χ0n) is 20.5. The van der Waals surface area contributed by atoms with Gasteiger partial charge in [0.15, 0.2) is 0 Å². The number of likely N-dealkylation sites (tertiary alicyclic amines) is 1. The molecular formula is C30H26ClN3O4. The average molecular weight is 528 g/mol. The Hall–Kier alpha value is -4.36. The minimum atomic E-state index is -0.770. The van der Waals surface area contributed by atoms with Crippen molar-refractivity contribution in [3.63, 3.8) is 0 Å². The fourth-order valence-electron chi connectivity index (χ4n) is 4.58. The lowest BCUT2D eigenvalue weighted by Gasteiger charge is -2.26. The predicted octanol–water partition coefficient (Wildman–Crippen LogP) is 5.63. The summed E-state index contributed by atoms with van der Waals surface area (Å²) in [5.74, 6) is -1.01. The number of carbonyl (C=O) groups excluding carboxylic acids is 2. The van der Waals surface area contributed by atoms with Gasteiger partial charge in [0.1, 0.15) is 18.1 Å². The second-order valence-electron chi connectivity index (χ2n) is 9.00. The van der Waals surface area contributed by atoms with Gasteiger partial charge in [0, 0.05) is 36.1 Å². The van der Waals surface area contributed by atoms with Crippen LogP contribution in [0.1, 0.15) is 29.2 Å². The highest BCUT2D eigenvalue weighted by Crippen LogP contribution is 2.40.